The number of carbonyl (C=O) groups excluding carboxylic acids is 1. The maximum absolute atomic E-state index is 14.2. The topological polar surface area (TPSA) is 58.6 Å². The number of hydrogen-bond acceptors (Lipinski definition) is 3. The number of carbonyl (C=O) groups is 1. The number of amides is 1. The van der Waals surface area contributed by atoms with Gasteiger partial charge in [-0.05, 0) is 36.6 Å². The normalized spacial score (nSPS) is 12.0. The van der Waals surface area contributed by atoms with Gasteiger partial charge in [-0.3, -0.25) is 4.79 Å². The Labute approximate surface area is 141 Å². The van der Waals surface area contributed by atoms with Gasteiger partial charge in [0.15, 0.2) is 0 Å². The SMILES string of the molecule is COCC(O)CCNC(=O)c1ccc(-c2ccc(C)cc2)cc1F. The first kappa shape index (κ1) is 18.1. The maximum Gasteiger partial charge on any atom is 0.254 e. The van der Waals surface area contributed by atoms with Gasteiger partial charge < -0.3 is 15.2 Å². The summed E-state index contributed by atoms with van der Waals surface area (Å²) in [5.41, 5.74) is 2.74. The second kappa shape index (κ2) is 8.57. The Morgan fingerprint density at radius 3 is 2.50 bits per heavy atom. The molecule has 2 N–H and O–H groups in total. The largest absolute Gasteiger partial charge is 0.391 e. The molecule has 0 aliphatic carbocycles. The zero-order chi connectivity index (χ0) is 17.5. The number of methoxy groups -OCH3 is 1. The zero-order valence-corrected chi connectivity index (χ0v) is 13.9. The number of aryl methyl sites for hydroxylation is 1. The molecule has 2 rings (SSSR count). The standard InChI is InChI=1S/C19H22FNO3/c1-13-3-5-14(6-4-13)15-7-8-17(18(20)11-15)19(23)21-10-9-16(22)12-24-2/h3-8,11,16,22H,9-10,12H2,1-2H3,(H,21,23). The van der Waals surface area contributed by atoms with Gasteiger partial charge in [0.2, 0.25) is 0 Å². The molecular weight excluding hydrogens is 309 g/mol. The predicted molar refractivity (Wildman–Crippen MR) is 91.4 cm³/mol. The van der Waals surface area contributed by atoms with E-state index in [1.165, 1.54) is 19.2 Å². The van der Waals surface area contributed by atoms with Crippen molar-refractivity contribution in [3.05, 3.63) is 59.4 Å². The molecule has 0 aliphatic heterocycles. The fourth-order valence-corrected chi connectivity index (χ4v) is 2.35. The second-order valence-corrected chi connectivity index (χ2v) is 5.71. The van der Waals surface area contributed by atoms with E-state index in [9.17, 15) is 14.3 Å². The number of halogens is 1. The Hall–Kier alpha value is -2.24. The van der Waals surface area contributed by atoms with Crippen LogP contribution in [0.1, 0.15) is 22.3 Å². The Bertz CT molecular complexity index is 686. The fourth-order valence-electron chi connectivity index (χ4n) is 2.35. The third-order valence-corrected chi connectivity index (χ3v) is 3.72. The molecule has 0 saturated carbocycles. The summed E-state index contributed by atoms with van der Waals surface area (Å²) in [4.78, 5) is 12.0. The van der Waals surface area contributed by atoms with Crippen molar-refractivity contribution in [2.45, 2.75) is 19.4 Å². The van der Waals surface area contributed by atoms with Crippen LogP contribution in [0, 0.1) is 12.7 Å². The van der Waals surface area contributed by atoms with E-state index in [0.717, 1.165) is 16.7 Å². The number of rotatable bonds is 7. The van der Waals surface area contributed by atoms with E-state index in [2.05, 4.69) is 5.32 Å². The Morgan fingerprint density at radius 2 is 1.88 bits per heavy atom. The number of nitrogens with one attached hydrogen (secondary N) is 1. The smallest absolute Gasteiger partial charge is 0.254 e. The van der Waals surface area contributed by atoms with E-state index in [4.69, 9.17) is 4.74 Å². The van der Waals surface area contributed by atoms with Crippen molar-refractivity contribution in [3.8, 4) is 11.1 Å². The molecular formula is C19H22FNO3. The molecule has 0 spiro atoms. The van der Waals surface area contributed by atoms with E-state index in [1.54, 1.807) is 6.07 Å². The van der Waals surface area contributed by atoms with Crippen LogP contribution >= 0.6 is 0 Å². The van der Waals surface area contributed by atoms with Crippen LogP contribution < -0.4 is 5.32 Å². The van der Waals surface area contributed by atoms with Crippen LogP contribution in [0.4, 0.5) is 4.39 Å². The van der Waals surface area contributed by atoms with Crippen molar-refractivity contribution < 1.29 is 19.0 Å². The first-order chi connectivity index (χ1) is 11.5. The Balaban J connectivity index is 2.01. The first-order valence-electron chi connectivity index (χ1n) is 7.83. The van der Waals surface area contributed by atoms with Gasteiger partial charge in [-0.25, -0.2) is 4.39 Å². The van der Waals surface area contributed by atoms with Gasteiger partial charge >= 0.3 is 0 Å². The highest BCUT2D eigenvalue weighted by molar-refractivity contribution is 5.95. The van der Waals surface area contributed by atoms with Crippen molar-refractivity contribution in [1.29, 1.82) is 0 Å². The molecule has 5 heteroatoms. The average Bonchev–Trinajstić information content (AvgIpc) is 2.55. The van der Waals surface area contributed by atoms with Gasteiger partial charge in [-0.2, -0.15) is 0 Å². The van der Waals surface area contributed by atoms with Gasteiger partial charge in [0.1, 0.15) is 5.82 Å². The summed E-state index contributed by atoms with van der Waals surface area (Å²) in [6.07, 6.45) is -0.299. The number of aliphatic hydroxyl groups is 1. The Morgan fingerprint density at radius 1 is 1.21 bits per heavy atom. The number of ether oxygens (including phenoxy) is 1. The molecule has 2 aromatic carbocycles. The number of benzene rings is 2. The van der Waals surface area contributed by atoms with Crippen molar-refractivity contribution in [2.24, 2.45) is 0 Å². The van der Waals surface area contributed by atoms with Crippen LogP contribution in [0.2, 0.25) is 0 Å². The molecule has 0 aromatic heterocycles. The monoisotopic (exact) mass is 331 g/mol. The summed E-state index contributed by atoms with van der Waals surface area (Å²) in [5.74, 6) is -1.06. The minimum absolute atomic E-state index is 0.00732. The molecule has 0 radical (unpaired) electrons. The summed E-state index contributed by atoms with van der Waals surface area (Å²) < 4.78 is 19.0. The lowest BCUT2D eigenvalue weighted by molar-refractivity contribution is 0.0587. The van der Waals surface area contributed by atoms with Crippen LogP contribution in [0.15, 0.2) is 42.5 Å². The predicted octanol–water partition coefficient (Wildman–Crippen LogP) is 2.93. The van der Waals surface area contributed by atoms with E-state index in [-0.39, 0.29) is 18.7 Å². The molecule has 1 unspecified atom stereocenters. The molecule has 1 atom stereocenters. The van der Waals surface area contributed by atoms with Crippen LogP contribution in [0.3, 0.4) is 0 Å². The second-order valence-electron chi connectivity index (χ2n) is 5.71. The molecule has 0 heterocycles. The van der Waals surface area contributed by atoms with Crippen molar-refractivity contribution in [3.63, 3.8) is 0 Å². The minimum Gasteiger partial charge on any atom is -0.391 e. The molecule has 24 heavy (non-hydrogen) atoms. The molecule has 2 aromatic rings. The van der Waals surface area contributed by atoms with Gasteiger partial charge in [-0.1, -0.05) is 35.9 Å². The summed E-state index contributed by atoms with van der Waals surface area (Å²) in [6.45, 7) is 2.44. The lowest BCUT2D eigenvalue weighted by Crippen LogP contribution is -2.29. The molecule has 0 aliphatic rings. The van der Waals surface area contributed by atoms with Gasteiger partial charge in [0.25, 0.3) is 5.91 Å². The lowest BCUT2D eigenvalue weighted by atomic mass is 10.0. The van der Waals surface area contributed by atoms with E-state index in [1.807, 2.05) is 31.2 Å². The highest BCUT2D eigenvalue weighted by Crippen LogP contribution is 2.22. The summed E-state index contributed by atoms with van der Waals surface area (Å²) in [7, 11) is 1.49. The highest BCUT2D eigenvalue weighted by atomic mass is 19.1. The van der Waals surface area contributed by atoms with Crippen molar-refractivity contribution >= 4 is 5.91 Å². The van der Waals surface area contributed by atoms with Crippen LogP contribution in [0.5, 0.6) is 0 Å². The zero-order valence-electron chi connectivity index (χ0n) is 13.9. The van der Waals surface area contributed by atoms with Gasteiger partial charge in [0.05, 0.1) is 18.3 Å². The van der Waals surface area contributed by atoms with Crippen LogP contribution in [-0.2, 0) is 4.74 Å². The molecule has 1 amide bonds. The summed E-state index contributed by atoms with van der Waals surface area (Å²) in [6, 6.07) is 12.3. The third-order valence-electron chi connectivity index (χ3n) is 3.72. The van der Waals surface area contributed by atoms with Crippen LogP contribution in [0.25, 0.3) is 11.1 Å². The minimum atomic E-state index is -0.649. The fraction of sp³-hybridized carbons (Fsp3) is 0.316. The van der Waals surface area contributed by atoms with Gasteiger partial charge in [0, 0.05) is 13.7 Å². The average molecular weight is 331 g/mol. The number of hydrogen-bond donors (Lipinski definition) is 2. The third kappa shape index (κ3) is 4.88. The number of aliphatic hydroxyl groups excluding tert-OH is 1. The van der Waals surface area contributed by atoms with Crippen molar-refractivity contribution in [1.82, 2.24) is 5.32 Å². The van der Waals surface area contributed by atoms with E-state index < -0.39 is 17.8 Å². The van der Waals surface area contributed by atoms with Gasteiger partial charge in [-0.15, -0.1) is 0 Å². The quantitative estimate of drug-likeness (QED) is 0.820. The molecule has 128 valence electrons. The molecule has 0 fully saturated rings. The summed E-state index contributed by atoms with van der Waals surface area (Å²) in [5, 5.41) is 12.1. The highest BCUT2D eigenvalue weighted by Gasteiger charge is 2.13. The molecule has 4 nitrogen and oxygen atoms in total. The van der Waals surface area contributed by atoms with Crippen LogP contribution in [-0.4, -0.2) is 37.4 Å². The Kier molecular flexibility index (Phi) is 6.46. The molecule has 0 saturated heterocycles. The van der Waals surface area contributed by atoms with Crippen molar-refractivity contribution in [2.75, 3.05) is 20.3 Å². The van der Waals surface area contributed by atoms with E-state index in [0.29, 0.717) is 6.42 Å². The lowest BCUT2D eigenvalue weighted by Gasteiger charge is -2.11. The summed E-state index contributed by atoms with van der Waals surface area (Å²) >= 11 is 0. The maximum atomic E-state index is 14.2. The first-order valence-corrected chi connectivity index (χ1v) is 7.83. The molecule has 0 bridgehead atoms. The van der Waals surface area contributed by atoms with E-state index >= 15 is 0 Å².